The fraction of sp³-hybridized carbons (Fsp3) is 0.500. The Morgan fingerprint density at radius 1 is 1.72 bits per heavy atom. The van der Waals surface area contributed by atoms with Gasteiger partial charge in [-0.3, -0.25) is 0 Å². The molecule has 0 saturated carbocycles. The average molecular weight is 271 g/mol. The monoisotopic (exact) mass is 270 g/mol. The molecule has 2 heterocycles. The van der Waals surface area contributed by atoms with Gasteiger partial charge in [-0.2, -0.15) is 0 Å². The number of ether oxygens (including phenoxy) is 1. The number of anilines is 1. The molecule has 5 nitrogen and oxygen atoms in total. The smallest absolute Gasteiger partial charge is 0.337 e. The van der Waals surface area contributed by atoms with Gasteiger partial charge in [-0.05, 0) is 12.5 Å². The van der Waals surface area contributed by atoms with Crippen molar-refractivity contribution in [1.29, 1.82) is 0 Å². The normalized spacial score (nSPS) is 19.2. The minimum atomic E-state index is -1.02. The highest BCUT2D eigenvalue weighted by molar-refractivity contribution is 6.33. The van der Waals surface area contributed by atoms with Crippen LogP contribution in [0.25, 0.3) is 0 Å². The number of aromatic carboxylic acids is 1. The Kier molecular flexibility index (Phi) is 4.04. The molecular weight excluding hydrogens is 256 g/mol. The van der Waals surface area contributed by atoms with Gasteiger partial charge in [0.05, 0.1) is 17.2 Å². The molecule has 1 atom stereocenters. The van der Waals surface area contributed by atoms with Gasteiger partial charge in [0.1, 0.15) is 5.82 Å². The van der Waals surface area contributed by atoms with Crippen LogP contribution >= 0.6 is 11.6 Å². The molecule has 1 N–H and O–H groups in total. The highest BCUT2D eigenvalue weighted by Gasteiger charge is 2.25. The third-order valence-corrected chi connectivity index (χ3v) is 3.33. The topological polar surface area (TPSA) is 62.7 Å². The quantitative estimate of drug-likeness (QED) is 0.905. The second-order valence-electron chi connectivity index (χ2n) is 4.39. The number of halogens is 1. The van der Waals surface area contributed by atoms with Gasteiger partial charge in [-0.25, -0.2) is 9.78 Å². The van der Waals surface area contributed by atoms with Crippen molar-refractivity contribution < 1.29 is 14.6 Å². The van der Waals surface area contributed by atoms with Crippen LogP contribution in [-0.2, 0) is 4.74 Å². The highest BCUT2D eigenvalue weighted by atomic mass is 35.5. The third kappa shape index (κ3) is 2.73. The lowest BCUT2D eigenvalue weighted by Crippen LogP contribution is -2.22. The zero-order valence-corrected chi connectivity index (χ0v) is 10.9. The van der Waals surface area contributed by atoms with Crippen LogP contribution < -0.4 is 4.90 Å². The van der Waals surface area contributed by atoms with E-state index < -0.39 is 5.97 Å². The first-order valence-corrected chi connectivity index (χ1v) is 6.12. The van der Waals surface area contributed by atoms with Gasteiger partial charge in [0, 0.05) is 32.3 Å². The van der Waals surface area contributed by atoms with Crippen LogP contribution in [0.1, 0.15) is 16.8 Å². The van der Waals surface area contributed by atoms with Crippen LogP contribution in [0.4, 0.5) is 5.82 Å². The van der Waals surface area contributed by atoms with Crippen LogP contribution in [0.3, 0.4) is 0 Å². The Balaban J connectivity index is 2.12. The molecule has 6 heteroatoms. The zero-order valence-electron chi connectivity index (χ0n) is 10.1. The van der Waals surface area contributed by atoms with Crippen molar-refractivity contribution >= 4 is 23.4 Å². The summed E-state index contributed by atoms with van der Waals surface area (Å²) in [5.41, 5.74) is 0.108. The molecule has 98 valence electrons. The molecule has 0 spiro atoms. The number of pyridine rings is 1. The molecule has 0 radical (unpaired) electrons. The maximum atomic E-state index is 10.8. The Labute approximate surface area is 110 Å². The van der Waals surface area contributed by atoms with Gasteiger partial charge in [0.15, 0.2) is 0 Å². The molecule has 1 aromatic rings. The third-order valence-electron chi connectivity index (χ3n) is 3.06. The van der Waals surface area contributed by atoms with Crippen molar-refractivity contribution in [2.45, 2.75) is 6.42 Å². The molecule has 18 heavy (non-hydrogen) atoms. The average Bonchev–Trinajstić information content (AvgIpc) is 2.77. The summed E-state index contributed by atoms with van der Waals surface area (Å²) in [5, 5.41) is 9.23. The van der Waals surface area contributed by atoms with Crippen LogP contribution in [0.15, 0.2) is 12.3 Å². The van der Waals surface area contributed by atoms with Crippen LogP contribution in [0.2, 0.25) is 5.02 Å². The second kappa shape index (κ2) is 5.54. The SMILES string of the molecule is COCC1CCN(c2ncc(C(=O)O)cc2Cl)C1. The van der Waals surface area contributed by atoms with E-state index in [1.165, 1.54) is 12.3 Å². The molecule has 0 aliphatic carbocycles. The second-order valence-corrected chi connectivity index (χ2v) is 4.80. The summed E-state index contributed by atoms with van der Waals surface area (Å²) in [6.45, 7) is 2.43. The predicted octanol–water partition coefficient (Wildman–Crippen LogP) is 1.91. The zero-order chi connectivity index (χ0) is 13.1. The van der Waals surface area contributed by atoms with Crippen molar-refractivity contribution in [3.8, 4) is 0 Å². The summed E-state index contributed by atoms with van der Waals surface area (Å²) in [6, 6.07) is 1.44. The lowest BCUT2D eigenvalue weighted by molar-refractivity contribution is 0.0696. The van der Waals surface area contributed by atoms with Gasteiger partial charge in [0.25, 0.3) is 0 Å². The number of nitrogens with zero attached hydrogens (tertiary/aromatic N) is 2. The van der Waals surface area contributed by atoms with Gasteiger partial charge >= 0.3 is 5.97 Å². The van der Waals surface area contributed by atoms with Gasteiger partial charge in [0.2, 0.25) is 0 Å². The number of hydrogen-bond donors (Lipinski definition) is 1. The highest BCUT2D eigenvalue weighted by Crippen LogP contribution is 2.29. The predicted molar refractivity (Wildman–Crippen MR) is 68.4 cm³/mol. The summed E-state index contributed by atoms with van der Waals surface area (Å²) in [7, 11) is 1.69. The summed E-state index contributed by atoms with van der Waals surface area (Å²) < 4.78 is 5.13. The molecule has 2 rings (SSSR count). The largest absolute Gasteiger partial charge is 0.478 e. The van der Waals surface area contributed by atoms with Gasteiger partial charge in [-0.1, -0.05) is 11.6 Å². The number of aromatic nitrogens is 1. The maximum absolute atomic E-state index is 10.8. The fourth-order valence-electron chi connectivity index (χ4n) is 2.18. The summed E-state index contributed by atoms with van der Waals surface area (Å²) in [4.78, 5) is 17.0. The van der Waals surface area contributed by atoms with Crippen molar-refractivity contribution in [3.05, 3.63) is 22.8 Å². The first-order valence-electron chi connectivity index (χ1n) is 5.74. The molecular formula is C12H15ClN2O3. The van der Waals surface area contributed by atoms with Gasteiger partial charge in [-0.15, -0.1) is 0 Å². The number of hydrogen-bond acceptors (Lipinski definition) is 4. The number of methoxy groups -OCH3 is 1. The number of carboxylic acids is 1. The fourth-order valence-corrected chi connectivity index (χ4v) is 2.46. The Morgan fingerprint density at radius 3 is 3.11 bits per heavy atom. The molecule has 1 fully saturated rings. The van der Waals surface area contributed by atoms with Crippen LogP contribution in [0, 0.1) is 5.92 Å². The molecule has 1 aromatic heterocycles. The first kappa shape index (κ1) is 13.1. The van der Waals surface area contributed by atoms with E-state index in [1.807, 2.05) is 0 Å². The first-order chi connectivity index (χ1) is 8.61. The van der Waals surface area contributed by atoms with E-state index in [-0.39, 0.29) is 5.56 Å². The molecule has 0 aromatic carbocycles. The number of carboxylic acid groups (broad SMARTS) is 1. The van der Waals surface area contributed by atoms with Crippen molar-refractivity contribution in [1.82, 2.24) is 4.98 Å². The van der Waals surface area contributed by atoms with Crippen molar-refractivity contribution in [3.63, 3.8) is 0 Å². The van der Waals surface area contributed by atoms with E-state index >= 15 is 0 Å². The van der Waals surface area contributed by atoms with Gasteiger partial charge < -0.3 is 14.7 Å². The van der Waals surface area contributed by atoms with Crippen LogP contribution in [-0.4, -0.2) is 42.9 Å². The Bertz CT molecular complexity index is 453. The van der Waals surface area contributed by atoms with E-state index in [9.17, 15) is 4.79 Å². The summed E-state index contributed by atoms with van der Waals surface area (Å²) in [6.07, 6.45) is 2.37. The van der Waals surface area contributed by atoms with E-state index in [4.69, 9.17) is 21.4 Å². The van der Waals surface area contributed by atoms with E-state index in [1.54, 1.807) is 7.11 Å². The Hall–Kier alpha value is -1.33. The lowest BCUT2D eigenvalue weighted by Gasteiger charge is -2.18. The van der Waals surface area contributed by atoms with E-state index in [2.05, 4.69) is 9.88 Å². The minimum Gasteiger partial charge on any atom is -0.478 e. The van der Waals surface area contributed by atoms with E-state index in [0.29, 0.717) is 16.8 Å². The molecule has 0 bridgehead atoms. The molecule has 0 amide bonds. The molecule has 1 aliphatic heterocycles. The maximum Gasteiger partial charge on any atom is 0.337 e. The van der Waals surface area contributed by atoms with Crippen molar-refractivity contribution in [2.24, 2.45) is 5.92 Å². The summed E-state index contributed by atoms with van der Waals surface area (Å²) in [5.74, 6) is 0.113. The standard InChI is InChI=1S/C12H15ClN2O3/c1-18-7-8-2-3-15(6-8)11-10(13)4-9(5-14-11)12(16)17/h4-5,8H,2-3,6-7H2,1H3,(H,16,17). The van der Waals surface area contributed by atoms with Crippen LogP contribution in [0.5, 0.6) is 0 Å². The lowest BCUT2D eigenvalue weighted by atomic mass is 10.1. The Morgan fingerprint density at radius 2 is 2.50 bits per heavy atom. The van der Waals surface area contributed by atoms with E-state index in [0.717, 1.165) is 26.1 Å². The summed E-state index contributed by atoms with van der Waals surface area (Å²) >= 11 is 6.08. The molecule has 1 saturated heterocycles. The van der Waals surface area contributed by atoms with Crippen molar-refractivity contribution in [2.75, 3.05) is 31.7 Å². The molecule has 1 aliphatic rings. The molecule has 1 unspecified atom stereocenters. The number of carbonyl (C=O) groups is 1. The minimum absolute atomic E-state index is 0.108. The number of rotatable bonds is 4.